The standard InChI is InChI=1S/C23H32N6O3/c1-15(14-31-2)26-23-24-11-22-20(17-10-25-28(12-17)13-19-7-8-32-19)9-21(29(22)27-23)16-3-5-18(30)6-4-16/h9-12,15-16,18-19,30H,3-8,13-14H2,1-2H3,(H,26,27)/t15-,16-,18-,19?/m0/s1. The Morgan fingerprint density at radius 3 is 2.78 bits per heavy atom. The normalized spacial score (nSPS) is 24.4. The molecule has 0 bridgehead atoms. The summed E-state index contributed by atoms with van der Waals surface area (Å²) in [5.74, 6) is 0.941. The molecule has 0 amide bonds. The summed E-state index contributed by atoms with van der Waals surface area (Å²) in [4.78, 5) is 4.58. The smallest absolute Gasteiger partial charge is 0.241 e. The highest BCUT2D eigenvalue weighted by Crippen LogP contribution is 2.37. The van der Waals surface area contributed by atoms with E-state index in [1.54, 1.807) is 7.11 Å². The second-order valence-corrected chi connectivity index (χ2v) is 9.10. The molecule has 2 atom stereocenters. The molecule has 0 aromatic carbocycles. The molecule has 0 radical (unpaired) electrons. The number of nitrogens with zero attached hydrogens (tertiary/aromatic N) is 5. The Morgan fingerprint density at radius 2 is 2.06 bits per heavy atom. The number of nitrogens with one attached hydrogen (secondary N) is 1. The molecule has 2 aliphatic rings. The molecule has 1 aliphatic heterocycles. The first-order valence-corrected chi connectivity index (χ1v) is 11.6. The molecule has 2 fully saturated rings. The number of aliphatic hydroxyl groups is 1. The molecular weight excluding hydrogens is 408 g/mol. The van der Waals surface area contributed by atoms with Crippen LogP contribution in [0.2, 0.25) is 0 Å². The number of methoxy groups -OCH3 is 1. The van der Waals surface area contributed by atoms with E-state index in [0.29, 0.717) is 18.5 Å². The molecule has 3 aromatic rings. The van der Waals surface area contributed by atoms with Gasteiger partial charge in [0.1, 0.15) is 0 Å². The Kier molecular flexibility index (Phi) is 6.12. The van der Waals surface area contributed by atoms with Crippen LogP contribution in [-0.2, 0) is 16.0 Å². The van der Waals surface area contributed by atoms with Crippen LogP contribution in [0.5, 0.6) is 0 Å². The first-order chi connectivity index (χ1) is 15.6. The lowest BCUT2D eigenvalue weighted by Gasteiger charge is -2.25. The molecular formula is C23H32N6O3. The van der Waals surface area contributed by atoms with E-state index >= 15 is 0 Å². The molecule has 1 saturated heterocycles. The highest BCUT2D eigenvalue weighted by molar-refractivity contribution is 5.81. The number of rotatable bonds is 8. The molecule has 9 nitrogen and oxygen atoms in total. The fourth-order valence-electron chi connectivity index (χ4n) is 4.73. The molecule has 2 N–H and O–H groups in total. The molecule has 172 valence electrons. The van der Waals surface area contributed by atoms with Crippen LogP contribution in [0.25, 0.3) is 16.6 Å². The van der Waals surface area contributed by atoms with E-state index in [1.165, 1.54) is 5.69 Å². The quantitative estimate of drug-likeness (QED) is 0.556. The van der Waals surface area contributed by atoms with Crippen molar-refractivity contribution in [1.82, 2.24) is 24.4 Å². The molecule has 4 heterocycles. The van der Waals surface area contributed by atoms with Gasteiger partial charge < -0.3 is 19.9 Å². The lowest BCUT2D eigenvalue weighted by Crippen LogP contribution is -2.31. The molecule has 5 rings (SSSR count). The van der Waals surface area contributed by atoms with Gasteiger partial charge in [0, 0.05) is 48.7 Å². The van der Waals surface area contributed by atoms with Gasteiger partial charge in [0.25, 0.3) is 0 Å². The summed E-state index contributed by atoms with van der Waals surface area (Å²) < 4.78 is 14.8. The predicted molar refractivity (Wildman–Crippen MR) is 121 cm³/mol. The van der Waals surface area contributed by atoms with Gasteiger partial charge in [-0.05, 0) is 45.1 Å². The van der Waals surface area contributed by atoms with Gasteiger partial charge in [0.2, 0.25) is 5.95 Å². The Morgan fingerprint density at radius 1 is 1.25 bits per heavy atom. The minimum absolute atomic E-state index is 0.104. The van der Waals surface area contributed by atoms with Gasteiger partial charge in [-0.3, -0.25) is 4.68 Å². The average Bonchev–Trinajstić information content (AvgIpc) is 3.36. The van der Waals surface area contributed by atoms with Crippen LogP contribution in [-0.4, -0.2) is 68.1 Å². The zero-order valence-corrected chi connectivity index (χ0v) is 18.8. The largest absolute Gasteiger partial charge is 0.393 e. The summed E-state index contributed by atoms with van der Waals surface area (Å²) in [6, 6.07) is 2.34. The number of hydrogen-bond acceptors (Lipinski definition) is 7. The molecule has 0 spiro atoms. The van der Waals surface area contributed by atoms with Gasteiger partial charge in [-0.2, -0.15) is 5.10 Å². The van der Waals surface area contributed by atoms with Crippen LogP contribution in [0, 0.1) is 0 Å². The zero-order chi connectivity index (χ0) is 22.1. The lowest BCUT2D eigenvalue weighted by atomic mass is 9.85. The Balaban J connectivity index is 1.49. The van der Waals surface area contributed by atoms with E-state index < -0.39 is 0 Å². The minimum atomic E-state index is -0.189. The third kappa shape index (κ3) is 4.37. The van der Waals surface area contributed by atoms with Crippen molar-refractivity contribution in [2.75, 3.05) is 25.6 Å². The van der Waals surface area contributed by atoms with E-state index in [0.717, 1.165) is 61.9 Å². The van der Waals surface area contributed by atoms with Crippen LogP contribution in [0.1, 0.15) is 50.6 Å². The van der Waals surface area contributed by atoms with Gasteiger partial charge in [0.05, 0.1) is 43.3 Å². The van der Waals surface area contributed by atoms with Crippen molar-refractivity contribution in [2.45, 2.75) is 69.7 Å². The van der Waals surface area contributed by atoms with Crippen LogP contribution in [0.15, 0.2) is 24.7 Å². The van der Waals surface area contributed by atoms with E-state index in [9.17, 15) is 5.11 Å². The summed E-state index contributed by atoms with van der Waals surface area (Å²) >= 11 is 0. The van der Waals surface area contributed by atoms with Crippen molar-refractivity contribution in [3.63, 3.8) is 0 Å². The maximum absolute atomic E-state index is 9.99. The third-order valence-electron chi connectivity index (χ3n) is 6.58. The topological polar surface area (TPSA) is 98.7 Å². The average molecular weight is 441 g/mol. The zero-order valence-electron chi connectivity index (χ0n) is 18.8. The number of aliphatic hydroxyl groups excluding tert-OH is 1. The second kappa shape index (κ2) is 9.17. The van der Waals surface area contributed by atoms with Crippen molar-refractivity contribution in [2.24, 2.45) is 0 Å². The van der Waals surface area contributed by atoms with Gasteiger partial charge >= 0.3 is 0 Å². The summed E-state index contributed by atoms with van der Waals surface area (Å²) in [7, 11) is 1.69. The Bertz CT molecular complexity index is 1050. The lowest BCUT2D eigenvalue weighted by molar-refractivity contribution is -0.0609. The van der Waals surface area contributed by atoms with Gasteiger partial charge in [-0.1, -0.05) is 0 Å². The van der Waals surface area contributed by atoms with Crippen molar-refractivity contribution in [3.8, 4) is 11.1 Å². The predicted octanol–water partition coefficient (Wildman–Crippen LogP) is 2.85. The number of hydrogen-bond donors (Lipinski definition) is 2. The minimum Gasteiger partial charge on any atom is -0.393 e. The summed E-state index contributed by atoms with van der Waals surface area (Å²) in [5.41, 5.74) is 4.28. The summed E-state index contributed by atoms with van der Waals surface area (Å²) in [6.07, 6.45) is 10.6. The Labute approximate surface area is 187 Å². The van der Waals surface area contributed by atoms with Gasteiger partial charge in [0.15, 0.2) is 0 Å². The van der Waals surface area contributed by atoms with E-state index in [4.69, 9.17) is 14.6 Å². The molecule has 1 aliphatic carbocycles. The number of aromatic nitrogens is 5. The highest BCUT2D eigenvalue weighted by Gasteiger charge is 2.26. The van der Waals surface area contributed by atoms with Crippen molar-refractivity contribution in [1.29, 1.82) is 0 Å². The van der Waals surface area contributed by atoms with Crippen molar-refractivity contribution >= 4 is 11.5 Å². The van der Waals surface area contributed by atoms with Crippen LogP contribution < -0.4 is 5.32 Å². The Hall–Kier alpha value is -2.49. The number of fused-ring (bicyclic) bond motifs is 1. The van der Waals surface area contributed by atoms with Crippen LogP contribution >= 0.6 is 0 Å². The fourth-order valence-corrected chi connectivity index (χ4v) is 4.73. The summed E-state index contributed by atoms with van der Waals surface area (Å²) in [6.45, 7) is 4.25. The van der Waals surface area contributed by atoms with Crippen molar-refractivity contribution < 1.29 is 14.6 Å². The van der Waals surface area contributed by atoms with Crippen LogP contribution in [0.4, 0.5) is 5.95 Å². The molecule has 9 heteroatoms. The molecule has 1 unspecified atom stereocenters. The SMILES string of the molecule is COC[C@H](C)Nc1ncc2c(-c3cnn(CC4CCO4)c3)cc([C@H]3CC[C@H](O)CC3)n2n1. The van der Waals surface area contributed by atoms with E-state index in [2.05, 4.69) is 27.7 Å². The second-order valence-electron chi connectivity index (χ2n) is 9.10. The molecule has 1 saturated carbocycles. The summed E-state index contributed by atoms with van der Waals surface area (Å²) in [5, 5.41) is 22.7. The highest BCUT2D eigenvalue weighted by atomic mass is 16.5. The maximum Gasteiger partial charge on any atom is 0.241 e. The maximum atomic E-state index is 9.99. The number of anilines is 1. The monoisotopic (exact) mass is 440 g/mol. The fraction of sp³-hybridized carbons (Fsp3) is 0.609. The van der Waals surface area contributed by atoms with Gasteiger partial charge in [-0.15, -0.1) is 5.10 Å². The van der Waals surface area contributed by atoms with Crippen LogP contribution in [0.3, 0.4) is 0 Å². The van der Waals surface area contributed by atoms with Gasteiger partial charge in [-0.25, -0.2) is 9.50 Å². The van der Waals surface area contributed by atoms with E-state index in [-0.39, 0.29) is 18.2 Å². The third-order valence-corrected chi connectivity index (χ3v) is 6.58. The van der Waals surface area contributed by atoms with Crippen molar-refractivity contribution in [3.05, 3.63) is 30.4 Å². The molecule has 32 heavy (non-hydrogen) atoms. The first-order valence-electron chi connectivity index (χ1n) is 11.6. The molecule has 3 aromatic heterocycles. The first kappa shape index (κ1) is 21.4. The number of ether oxygens (including phenoxy) is 2. The van der Waals surface area contributed by atoms with E-state index in [1.807, 2.05) is 28.5 Å².